The van der Waals surface area contributed by atoms with E-state index in [9.17, 15) is 4.79 Å². The van der Waals surface area contributed by atoms with Crippen LogP contribution in [-0.2, 0) is 0 Å². The number of nitrogens with one attached hydrogen (secondary N) is 2. The Morgan fingerprint density at radius 3 is 2.67 bits per heavy atom. The van der Waals surface area contributed by atoms with Gasteiger partial charge in [0, 0.05) is 17.5 Å². The van der Waals surface area contributed by atoms with E-state index < -0.39 is 0 Å². The highest BCUT2D eigenvalue weighted by molar-refractivity contribution is 7.15. The molecule has 1 aromatic carbocycles. The number of anilines is 1. The molecule has 0 spiro atoms. The standard InChI is InChI=1S/C18H22N4O2S.2ClH/c1-10-21-22-18(25-10)20-17(23)13-5-12(6-14(7-13)24-2)15-8-16(15)19-9-11-3-4-11;;/h5-7,11,15-16,19H,3-4,8-9H2,1-2H3,(H,20,22,23);2*1H/t15-,16+;;/m0../s1. The van der Waals surface area contributed by atoms with Gasteiger partial charge in [-0.2, -0.15) is 0 Å². The first-order chi connectivity index (χ1) is 12.1. The molecular formula is C18H24Cl2N4O2S. The van der Waals surface area contributed by atoms with E-state index in [0.29, 0.717) is 28.4 Å². The predicted octanol–water partition coefficient (Wildman–Crippen LogP) is 3.81. The molecular weight excluding hydrogens is 407 g/mol. The summed E-state index contributed by atoms with van der Waals surface area (Å²) >= 11 is 1.36. The number of methoxy groups -OCH3 is 1. The van der Waals surface area contributed by atoms with E-state index in [2.05, 4.69) is 20.8 Å². The number of hydrogen-bond acceptors (Lipinski definition) is 6. The SMILES string of the molecule is COc1cc(C(=O)Nc2nnc(C)s2)cc([C@@H]2C[C@H]2NCC2CC2)c1.Cl.Cl. The van der Waals surface area contributed by atoms with Crippen molar-refractivity contribution >= 4 is 47.2 Å². The van der Waals surface area contributed by atoms with Crippen molar-refractivity contribution in [2.24, 2.45) is 5.92 Å². The summed E-state index contributed by atoms with van der Waals surface area (Å²) in [5.74, 6) is 1.87. The summed E-state index contributed by atoms with van der Waals surface area (Å²) in [6.45, 7) is 2.98. The Kier molecular flexibility index (Phi) is 7.45. The number of nitrogens with zero attached hydrogens (tertiary/aromatic N) is 2. The van der Waals surface area contributed by atoms with Crippen molar-refractivity contribution in [1.29, 1.82) is 0 Å². The maximum Gasteiger partial charge on any atom is 0.257 e. The number of ether oxygens (including phenoxy) is 1. The zero-order chi connectivity index (χ0) is 17.4. The van der Waals surface area contributed by atoms with Crippen molar-refractivity contribution in [3.05, 3.63) is 34.3 Å². The second-order valence-corrected chi connectivity index (χ2v) is 8.06. The van der Waals surface area contributed by atoms with E-state index in [-0.39, 0.29) is 30.7 Å². The van der Waals surface area contributed by atoms with Gasteiger partial charge in [0.1, 0.15) is 10.8 Å². The van der Waals surface area contributed by atoms with Gasteiger partial charge in [-0.25, -0.2) is 0 Å². The van der Waals surface area contributed by atoms with Crippen LogP contribution in [0.4, 0.5) is 5.13 Å². The molecule has 6 nitrogen and oxygen atoms in total. The lowest BCUT2D eigenvalue weighted by atomic mass is 10.1. The first-order valence-electron chi connectivity index (χ1n) is 8.66. The van der Waals surface area contributed by atoms with Gasteiger partial charge in [0.2, 0.25) is 5.13 Å². The number of hydrogen-bond donors (Lipinski definition) is 2. The topological polar surface area (TPSA) is 76.1 Å². The number of carbonyl (C=O) groups excluding carboxylic acids is 1. The van der Waals surface area contributed by atoms with Crippen molar-refractivity contribution in [3.8, 4) is 5.75 Å². The summed E-state index contributed by atoms with van der Waals surface area (Å²) in [5.41, 5.74) is 1.75. The number of carbonyl (C=O) groups is 1. The van der Waals surface area contributed by atoms with Gasteiger partial charge < -0.3 is 10.1 Å². The van der Waals surface area contributed by atoms with Crippen LogP contribution >= 0.6 is 36.2 Å². The Morgan fingerprint density at radius 2 is 2.04 bits per heavy atom. The van der Waals surface area contributed by atoms with Crippen molar-refractivity contribution in [2.45, 2.75) is 38.1 Å². The van der Waals surface area contributed by atoms with Crippen molar-refractivity contribution < 1.29 is 9.53 Å². The van der Waals surface area contributed by atoms with Gasteiger partial charge in [0.05, 0.1) is 7.11 Å². The largest absolute Gasteiger partial charge is 0.497 e. The monoisotopic (exact) mass is 430 g/mol. The minimum atomic E-state index is -0.181. The Morgan fingerprint density at radius 1 is 1.26 bits per heavy atom. The fourth-order valence-corrected chi connectivity index (χ4v) is 3.62. The first-order valence-corrected chi connectivity index (χ1v) is 9.48. The molecule has 0 bridgehead atoms. The summed E-state index contributed by atoms with van der Waals surface area (Å²) in [7, 11) is 1.63. The molecule has 1 amide bonds. The maximum absolute atomic E-state index is 12.5. The number of halogens is 2. The van der Waals surface area contributed by atoms with E-state index in [1.807, 2.05) is 19.1 Å². The molecule has 0 radical (unpaired) electrons. The molecule has 148 valence electrons. The van der Waals surface area contributed by atoms with Crippen LogP contribution in [0.15, 0.2) is 18.2 Å². The molecule has 0 unspecified atom stereocenters. The number of benzene rings is 1. The fraction of sp³-hybridized carbons (Fsp3) is 0.500. The minimum absolute atomic E-state index is 0. The Hall–Kier alpha value is -1.41. The molecule has 2 aromatic rings. The van der Waals surface area contributed by atoms with Crippen LogP contribution in [0.1, 0.15) is 46.1 Å². The lowest BCUT2D eigenvalue weighted by Crippen LogP contribution is -2.20. The number of rotatable bonds is 7. The molecule has 2 saturated carbocycles. The second-order valence-electron chi connectivity index (χ2n) is 6.88. The average Bonchev–Trinajstić information content (AvgIpc) is 3.52. The molecule has 2 aliphatic rings. The minimum Gasteiger partial charge on any atom is -0.497 e. The van der Waals surface area contributed by atoms with E-state index in [0.717, 1.165) is 29.5 Å². The van der Waals surface area contributed by atoms with Crippen LogP contribution in [0, 0.1) is 12.8 Å². The Bertz CT molecular complexity index is 797. The smallest absolute Gasteiger partial charge is 0.257 e. The van der Waals surface area contributed by atoms with Crippen LogP contribution in [-0.4, -0.2) is 35.8 Å². The normalized spacial score (nSPS) is 20.2. The maximum atomic E-state index is 12.5. The third-order valence-corrected chi connectivity index (χ3v) is 5.51. The fourth-order valence-electron chi connectivity index (χ4n) is 3.03. The molecule has 1 heterocycles. The summed E-state index contributed by atoms with van der Waals surface area (Å²) in [5, 5.41) is 15.7. The molecule has 2 N–H and O–H groups in total. The van der Waals surface area contributed by atoms with E-state index >= 15 is 0 Å². The highest BCUT2D eigenvalue weighted by Gasteiger charge is 2.39. The molecule has 2 fully saturated rings. The van der Waals surface area contributed by atoms with Gasteiger partial charge in [-0.15, -0.1) is 35.0 Å². The highest BCUT2D eigenvalue weighted by Crippen LogP contribution is 2.43. The van der Waals surface area contributed by atoms with Gasteiger partial charge in [-0.1, -0.05) is 11.3 Å². The van der Waals surface area contributed by atoms with E-state index in [4.69, 9.17) is 4.74 Å². The molecule has 0 saturated heterocycles. The quantitative estimate of drug-likeness (QED) is 0.698. The molecule has 9 heteroatoms. The van der Waals surface area contributed by atoms with Gasteiger partial charge in [-0.3, -0.25) is 10.1 Å². The second kappa shape index (κ2) is 9.19. The molecule has 2 aliphatic carbocycles. The Balaban J connectivity index is 0.00000131. The lowest BCUT2D eigenvalue weighted by molar-refractivity contribution is 0.102. The Labute approximate surface area is 175 Å². The van der Waals surface area contributed by atoms with Crippen molar-refractivity contribution in [3.63, 3.8) is 0 Å². The summed E-state index contributed by atoms with van der Waals surface area (Å²) < 4.78 is 5.40. The first kappa shape index (κ1) is 21.9. The van der Waals surface area contributed by atoms with Crippen LogP contribution in [0.5, 0.6) is 5.75 Å². The van der Waals surface area contributed by atoms with Crippen LogP contribution < -0.4 is 15.4 Å². The summed E-state index contributed by atoms with van der Waals surface area (Å²) in [6, 6.07) is 6.29. The molecule has 27 heavy (non-hydrogen) atoms. The van der Waals surface area contributed by atoms with Crippen LogP contribution in [0.2, 0.25) is 0 Å². The molecule has 1 aromatic heterocycles. The zero-order valence-electron chi connectivity index (χ0n) is 15.2. The molecule has 4 rings (SSSR count). The van der Waals surface area contributed by atoms with Gasteiger partial charge >= 0.3 is 0 Å². The lowest BCUT2D eigenvalue weighted by Gasteiger charge is -2.09. The number of aromatic nitrogens is 2. The molecule has 0 aliphatic heterocycles. The van der Waals surface area contributed by atoms with Gasteiger partial charge in [0.15, 0.2) is 0 Å². The summed E-state index contributed by atoms with van der Waals surface area (Å²) in [6.07, 6.45) is 3.84. The third-order valence-electron chi connectivity index (χ3n) is 4.76. The number of aryl methyl sites for hydroxylation is 1. The number of amides is 1. The van der Waals surface area contributed by atoms with Crippen LogP contribution in [0.3, 0.4) is 0 Å². The van der Waals surface area contributed by atoms with Crippen LogP contribution in [0.25, 0.3) is 0 Å². The molecule has 2 atom stereocenters. The van der Waals surface area contributed by atoms with Crippen molar-refractivity contribution in [2.75, 3.05) is 19.0 Å². The van der Waals surface area contributed by atoms with E-state index in [1.54, 1.807) is 13.2 Å². The zero-order valence-corrected chi connectivity index (χ0v) is 17.7. The summed E-state index contributed by atoms with van der Waals surface area (Å²) in [4.78, 5) is 12.5. The van der Waals surface area contributed by atoms with Gasteiger partial charge in [-0.05, 0) is 62.4 Å². The average molecular weight is 431 g/mol. The highest BCUT2D eigenvalue weighted by atomic mass is 35.5. The third kappa shape index (κ3) is 5.54. The van der Waals surface area contributed by atoms with Gasteiger partial charge in [0.25, 0.3) is 5.91 Å². The predicted molar refractivity (Wildman–Crippen MR) is 112 cm³/mol. The van der Waals surface area contributed by atoms with Crippen molar-refractivity contribution in [1.82, 2.24) is 15.5 Å². The van der Waals surface area contributed by atoms with E-state index in [1.165, 1.54) is 24.2 Å².